The number of pyridine rings is 1. The van der Waals surface area contributed by atoms with E-state index in [-0.39, 0.29) is 5.91 Å². The molecule has 2 unspecified atom stereocenters. The van der Waals surface area contributed by atoms with Crippen LogP contribution in [0.4, 0.5) is 0 Å². The predicted octanol–water partition coefficient (Wildman–Crippen LogP) is 2.30. The lowest BCUT2D eigenvalue weighted by Gasteiger charge is -2.36. The number of likely N-dealkylation sites (tertiary alicyclic amines) is 1. The van der Waals surface area contributed by atoms with Crippen LogP contribution >= 0.6 is 0 Å². The Hall–Kier alpha value is -1.93. The van der Waals surface area contributed by atoms with Crippen molar-refractivity contribution < 1.29 is 4.79 Å². The lowest BCUT2D eigenvalue weighted by Crippen LogP contribution is -2.47. The highest BCUT2D eigenvalue weighted by Gasteiger charge is 2.26. The second kappa shape index (κ2) is 8.64. The number of hydrogen-bond donors (Lipinski definition) is 0. The monoisotopic (exact) mass is 314 g/mol. The van der Waals surface area contributed by atoms with E-state index in [9.17, 15) is 4.79 Å². The van der Waals surface area contributed by atoms with E-state index in [0.717, 1.165) is 18.8 Å². The fraction of sp³-hybridized carbons (Fsp3) is 0.611. The van der Waals surface area contributed by atoms with Crippen molar-refractivity contribution >= 4 is 5.91 Å². The number of amides is 1. The van der Waals surface area contributed by atoms with Crippen molar-refractivity contribution in [2.45, 2.75) is 33.2 Å². The van der Waals surface area contributed by atoms with Crippen molar-refractivity contribution in [2.24, 2.45) is 11.8 Å². The number of nitriles is 1. The molecule has 0 saturated carbocycles. The molecule has 1 saturated heterocycles. The van der Waals surface area contributed by atoms with Crippen molar-refractivity contribution in [1.29, 1.82) is 5.26 Å². The van der Waals surface area contributed by atoms with Crippen LogP contribution in [0.15, 0.2) is 24.4 Å². The van der Waals surface area contributed by atoms with Gasteiger partial charge in [-0.25, -0.2) is 0 Å². The zero-order valence-electron chi connectivity index (χ0n) is 14.1. The van der Waals surface area contributed by atoms with E-state index in [1.54, 1.807) is 6.20 Å². The van der Waals surface area contributed by atoms with Crippen molar-refractivity contribution in [1.82, 2.24) is 14.8 Å². The summed E-state index contributed by atoms with van der Waals surface area (Å²) in [4.78, 5) is 21.0. The van der Waals surface area contributed by atoms with Gasteiger partial charge in [-0.05, 0) is 30.4 Å². The average molecular weight is 314 g/mol. The SMILES string of the molecule is CC1CC(C)CN(C(=O)CN(CCC#N)Cc2ccccn2)C1. The van der Waals surface area contributed by atoms with Crippen LogP contribution in [0.25, 0.3) is 0 Å². The summed E-state index contributed by atoms with van der Waals surface area (Å²) in [7, 11) is 0. The summed E-state index contributed by atoms with van der Waals surface area (Å²) in [6, 6.07) is 7.94. The smallest absolute Gasteiger partial charge is 0.236 e. The van der Waals surface area contributed by atoms with E-state index < -0.39 is 0 Å². The van der Waals surface area contributed by atoms with Gasteiger partial charge in [0.15, 0.2) is 0 Å². The van der Waals surface area contributed by atoms with Gasteiger partial charge in [0.05, 0.1) is 18.3 Å². The first-order valence-corrected chi connectivity index (χ1v) is 8.35. The third-order valence-electron chi connectivity index (χ3n) is 4.23. The molecular weight excluding hydrogens is 288 g/mol. The molecule has 5 heteroatoms. The highest BCUT2D eigenvalue weighted by atomic mass is 16.2. The zero-order valence-corrected chi connectivity index (χ0v) is 14.1. The summed E-state index contributed by atoms with van der Waals surface area (Å²) in [6.45, 7) is 7.66. The van der Waals surface area contributed by atoms with Gasteiger partial charge in [0.1, 0.15) is 0 Å². The lowest BCUT2D eigenvalue weighted by atomic mass is 9.92. The molecule has 1 aromatic heterocycles. The Morgan fingerprint density at radius 2 is 2.13 bits per heavy atom. The number of hydrogen-bond acceptors (Lipinski definition) is 4. The molecular formula is C18H26N4O. The van der Waals surface area contributed by atoms with Crippen molar-refractivity contribution in [3.8, 4) is 6.07 Å². The second-order valence-electron chi connectivity index (χ2n) is 6.68. The van der Waals surface area contributed by atoms with Crippen LogP contribution in [0.5, 0.6) is 0 Å². The van der Waals surface area contributed by atoms with Crippen LogP contribution in [-0.2, 0) is 11.3 Å². The van der Waals surface area contributed by atoms with Crippen molar-refractivity contribution in [2.75, 3.05) is 26.2 Å². The Morgan fingerprint density at radius 1 is 1.39 bits per heavy atom. The topological polar surface area (TPSA) is 60.2 Å². The van der Waals surface area contributed by atoms with Crippen LogP contribution in [0, 0.1) is 23.2 Å². The first kappa shape index (κ1) is 17.4. The number of aromatic nitrogens is 1. The largest absolute Gasteiger partial charge is 0.341 e. The minimum absolute atomic E-state index is 0.164. The van der Waals surface area contributed by atoms with E-state index >= 15 is 0 Å². The molecule has 2 heterocycles. The van der Waals surface area contributed by atoms with Crippen LogP contribution in [0.2, 0.25) is 0 Å². The lowest BCUT2D eigenvalue weighted by molar-refractivity contribution is -0.135. The van der Waals surface area contributed by atoms with E-state index in [1.807, 2.05) is 28.0 Å². The van der Waals surface area contributed by atoms with Gasteiger partial charge in [-0.2, -0.15) is 5.26 Å². The summed E-state index contributed by atoms with van der Waals surface area (Å²) < 4.78 is 0. The Kier molecular flexibility index (Phi) is 6.54. The maximum absolute atomic E-state index is 12.6. The summed E-state index contributed by atoms with van der Waals surface area (Å²) in [6.07, 6.45) is 3.37. The number of piperidine rings is 1. The molecule has 0 N–H and O–H groups in total. The third kappa shape index (κ3) is 5.65. The van der Waals surface area contributed by atoms with Crippen LogP contribution in [-0.4, -0.2) is 46.9 Å². The van der Waals surface area contributed by atoms with Crippen LogP contribution in [0.3, 0.4) is 0 Å². The van der Waals surface area contributed by atoms with E-state index in [2.05, 4.69) is 24.9 Å². The summed E-state index contributed by atoms with van der Waals surface area (Å²) in [5, 5.41) is 8.85. The van der Waals surface area contributed by atoms with Gasteiger partial charge in [0.2, 0.25) is 5.91 Å². The molecule has 1 aliphatic heterocycles. The Labute approximate surface area is 138 Å². The molecule has 124 valence electrons. The van der Waals surface area contributed by atoms with Crippen molar-refractivity contribution in [3.63, 3.8) is 0 Å². The Bertz CT molecular complexity index is 530. The third-order valence-corrected chi connectivity index (χ3v) is 4.23. The van der Waals surface area contributed by atoms with Gasteiger partial charge >= 0.3 is 0 Å². The van der Waals surface area contributed by atoms with Crippen molar-refractivity contribution in [3.05, 3.63) is 30.1 Å². The van der Waals surface area contributed by atoms with E-state index in [4.69, 9.17) is 5.26 Å². The number of carbonyl (C=O) groups is 1. The number of rotatable bonds is 6. The quantitative estimate of drug-likeness (QED) is 0.808. The van der Waals surface area contributed by atoms with Gasteiger partial charge in [-0.3, -0.25) is 14.7 Å². The molecule has 1 amide bonds. The maximum Gasteiger partial charge on any atom is 0.236 e. The Morgan fingerprint density at radius 3 is 2.74 bits per heavy atom. The molecule has 1 fully saturated rings. The summed E-state index contributed by atoms with van der Waals surface area (Å²) >= 11 is 0. The molecule has 2 rings (SSSR count). The highest BCUT2D eigenvalue weighted by molar-refractivity contribution is 5.78. The maximum atomic E-state index is 12.6. The molecule has 0 aliphatic carbocycles. The highest BCUT2D eigenvalue weighted by Crippen LogP contribution is 2.21. The first-order valence-electron chi connectivity index (χ1n) is 8.35. The number of carbonyl (C=O) groups excluding carboxylic acids is 1. The van der Waals surface area contributed by atoms with Gasteiger partial charge in [-0.1, -0.05) is 19.9 Å². The molecule has 23 heavy (non-hydrogen) atoms. The fourth-order valence-electron chi connectivity index (χ4n) is 3.30. The zero-order chi connectivity index (χ0) is 16.7. The molecule has 1 aromatic rings. The molecule has 0 radical (unpaired) electrons. The molecule has 0 spiro atoms. The minimum Gasteiger partial charge on any atom is -0.341 e. The second-order valence-corrected chi connectivity index (χ2v) is 6.68. The fourth-order valence-corrected chi connectivity index (χ4v) is 3.30. The summed E-state index contributed by atoms with van der Waals surface area (Å²) in [5.74, 6) is 1.29. The molecule has 0 aromatic carbocycles. The number of nitrogens with zero attached hydrogens (tertiary/aromatic N) is 4. The predicted molar refractivity (Wildman–Crippen MR) is 89.3 cm³/mol. The van der Waals surface area contributed by atoms with Crippen LogP contribution < -0.4 is 0 Å². The van der Waals surface area contributed by atoms with Gasteiger partial charge in [0, 0.05) is 38.8 Å². The van der Waals surface area contributed by atoms with E-state index in [1.165, 1.54) is 6.42 Å². The average Bonchev–Trinajstić information content (AvgIpc) is 2.52. The van der Waals surface area contributed by atoms with Gasteiger partial charge in [-0.15, -0.1) is 0 Å². The van der Waals surface area contributed by atoms with Gasteiger partial charge in [0.25, 0.3) is 0 Å². The Balaban J connectivity index is 1.96. The molecule has 2 atom stereocenters. The minimum atomic E-state index is 0.164. The summed E-state index contributed by atoms with van der Waals surface area (Å²) in [5.41, 5.74) is 0.929. The van der Waals surface area contributed by atoms with E-state index in [0.29, 0.717) is 37.9 Å². The normalized spacial score (nSPS) is 21.2. The molecule has 5 nitrogen and oxygen atoms in total. The first-order chi connectivity index (χ1) is 11.1. The molecule has 0 bridgehead atoms. The standard InChI is InChI=1S/C18H26N4O/c1-15-10-16(2)12-22(11-15)18(23)14-21(9-5-7-19)13-17-6-3-4-8-20-17/h3-4,6,8,15-16H,5,9-14H2,1-2H3. The van der Waals surface area contributed by atoms with Gasteiger partial charge < -0.3 is 4.90 Å². The van der Waals surface area contributed by atoms with Crippen LogP contribution in [0.1, 0.15) is 32.4 Å². The molecule has 1 aliphatic rings.